The van der Waals surface area contributed by atoms with Crippen molar-refractivity contribution < 1.29 is 124 Å². The lowest BCUT2D eigenvalue weighted by atomic mass is 9.94. The Balaban J connectivity index is 1.44. The summed E-state index contributed by atoms with van der Waals surface area (Å²) in [5, 5.41) is 153. The molecule has 354 valence electrons. The SMILES string of the molecule is CC(=O)N[C@H]1[C@H](OC[C@H]2OC(O)[C@H](NC(C)=O)[C@@H](O[C@@H]3O[C@H](CO)[C@H](O[C@H]4O[C@H](CO)[C@H](O)[C@H](O)[C@H]4O)[C@H](O)[C@H]3O[C@@H]3O[C@@H](C)[C@@H](O)[C@@H](O)[C@@H]3O)[C@H]2O)O[C@H](CO)[C@@H](O)[C@@H]1O. The van der Waals surface area contributed by atoms with Crippen molar-refractivity contribution in [1.82, 2.24) is 10.6 Å². The van der Waals surface area contributed by atoms with Gasteiger partial charge in [-0.05, 0) is 6.92 Å². The first-order valence-electron chi connectivity index (χ1n) is 19.4. The van der Waals surface area contributed by atoms with Gasteiger partial charge in [0.15, 0.2) is 31.5 Å². The topological polar surface area (TPSA) is 424 Å². The largest absolute Gasteiger partial charge is 0.394 e. The van der Waals surface area contributed by atoms with Crippen molar-refractivity contribution in [2.75, 3.05) is 26.4 Å². The molecule has 5 aliphatic rings. The van der Waals surface area contributed by atoms with Crippen molar-refractivity contribution >= 4 is 11.8 Å². The highest BCUT2D eigenvalue weighted by molar-refractivity contribution is 5.73. The smallest absolute Gasteiger partial charge is 0.217 e. The van der Waals surface area contributed by atoms with Crippen LogP contribution in [0, 0.1) is 0 Å². The fourth-order valence-corrected chi connectivity index (χ4v) is 7.66. The van der Waals surface area contributed by atoms with Gasteiger partial charge in [0.1, 0.15) is 116 Å². The van der Waals surface area contributed by atoms with Crippen molar-refractivity contribution in [3.63, 3.8) is 0 Å². The Hall–Kier alpha value is -1.98. The first-order valence-corrected chi connectivity index (χ1v) is 19.4. The minimum atomic E-state index is -2.12. The van der Waals surface area contributed by atoms with E-state index in [1.54, 1.807) is 0 Å². The molecule has 16 N–H and O–H groups in total. The Morgan fingerprint density at radius 3 is 1.51 bits per heavy atom. The van der Waals surface area contributed by atoms with Gasteiger partial charge in [-0.3, -0.25) is 9.59 Å². The number of aliphatic hydroxyl groups excluding tert-OH is 14. The van der Waals surface area contributed by atoms with E-state index < -0.39 is 192 Å². The molecule has 0 aromatic heterocycles. The number of rotatable bonds is 14. The van der Waals surface area contributed by atoms with Gasteiger partial charge in [-0.15, -0.1) is 0 Å². The van der Waals surface area contributed by atoms with Crippen LogP contribution in [0.5, 0.6) is 0 Å². The Kier molecular flexibility index (Phi) is 17.5. The second-order valence-electron chi connectivity index (χ2n) is 15.4. The molecule has 5 rings (SSSR count). The molecule has 0 aliphatic carbocycles. The standard InChI is InChI=1S/C34H58N2O25/c1-8-17(42)22(47)24(49)32(54-8)61-29-26(51)27(59-33-25(50)23(48)19(44)12(5-38)57-33)13(6-39)58-34(29)60-28-16(36-10(3)41)30(52)55-14(20(28)45)7-53-31-15(35-9(2)40)21(46)18(43)11(4-37)56-31/h8,11-34,37-39,42-52H,4-7H2,1-3H3,(H,35,40)(H,36,41)/t8-,11+,12+,13+,14+,15+,16+,17+,18+,19-,20-,21+,22+,23-,24-,25+,26-,27-,28+,29+,30?,31+,32-,33+,34-/m0/s1. The van der Waals surface area contributed by atoms with Gasteiger partial charge >= 0.3 is 0 Å². The first kappa shape index (κ1) is 50.0. The summed E-state index contributed by atoms with van der Waals surface area (Å²) >= 11 is 0. The van der Waals surface area contributed by atoms with Crippen LogP contribution < -0.4 is 10.6 Å². The molecule has 0 spiro atoms. The normalized spacial score (nSPS) is 49.6. The summed E-state index contributed by atoms with van der Waals surface area (Å²) in [5.41, 5.74) is 0. The average Bonchev–Trinajstić information content (AvgIpc) is 3.21. The lowest BCUT2D eigenvalue weighted by Gasteiger charge is -2.50. The van der Waals surface area contributed by atoms with Crippen LogP contribution in [0.4, 0.5) is 0 Å². The van der Waals surface area contributed by atoms with Gasteiger partial charge in [0.2, 0.25) is 11.8 Å². The third-order valence-electron chi connectivity index (χ3n) is 11.1. The van der Waals surface area contributed by atoms with Crippen molar-refractivity contribution in [2.45, 2.75) is 174 Å². The summed E-state index contributed by atoms with van der Waals surface area (Å²) in [6.45, 7) is 0.0607. The van der Waals surface area contributed by atoms with Crippen LogP contribution in [0.1, 0.15) is 20.8 Å². The molecule has 5 aliphatic heterocycles. The predicted molar refractivity (Wildman–Crippen MR) is 188 cm³/mol. The number of carbonyl (C=O) groups excluding carboxylic acids is 2. The summed E-state index contributed by atoms with van der Waals surface area (Å²) in [7, 11) is 0. The highest BCUT2D eigenvalue weighted by Crippen LogP contribution is 2.36. The molecule has 1 unspecified atom stereocenters. The van der Waals surface area contributed by atoms with E-state index in [0.29, 0.717) is 0 Å². The molecule has 0 aromatic rings. The van der Waals surface area contributed by atoms with Crippen LogP contribution in [0.2, 0.25) is 0 Å². The van der Waals surface area contributed by atoms with Crippen LogP contribution in [0.25, 0.3) is 0 Å². The molecule has 5 heterocycles. The number of nitrogens with one attached hydrogen (secondary N) is 2. The second kappa shape index (κ2) is 21.3. The number of hydrogen-bond acceptors (Lipinski definition) is 25. The minimum absolute atomic E-state index is 0.674. The molecule has 0 aromatic carbocycles. The molecular formula is C34H58N2O25. The predicted octanol–water partition coefficient (Wildman–Crippen LogP) is -10.6. The molecule has 27 heteroatoms. The number of ether oxygens (including phenoxy) is 9. The van der Waals surface area contributed by atoms with Crippen LogP contribution in [0.3, 0.4) is 0 Å². The van der Waals surface area contributed by atoms with E-state index in [1.165, 1.54) is 6.92 Å². The van der Waals surface area contributed by atoms with E-state index >= 15 is 0 Å². The van der Waals surface area contributed by atoms with Gasteiger partial charge in [0.05, 0.1) is 32.5 Å². The van der Waals surface area contributed by atoms with Gasteiger partial charge < -0.3 is 125 Å². The van der Waals surface area contributed by atoms with Crippen LogP contribution in [-0.4, -0.2) is 263 Å². The maximum absolute atomic E-state index is 12.3. The highest BCUT2D eigenvalue weighted by atomic mass is 16.8. The quantitative estimate of drug-likeness (QED) is 0.0770. The molecule has 0 bridgehead atoms. The molecule has 5 saturated heterocycles. The number of carbonyl (C=O) groups is 2. The van der Waals surface area contributed by atoms with Gasteiger partial charge in [-0.2, -0.15) is 0 Å². The molecular weight excluding hydrogens is 836 g/mol. The molecule has 61 heavy (non-hydrogen) atoms. The van der Waals surface area contributed by atoms with E-state index in [0.717, 1.165) is 13.8 Å². The fraction of sp³-hybridized carbons (Fsp3) is 0.941. The van der Waals surface area contributed by atoms with E-state index in [1.807, 2.05) is 0 Å². The van der Waals surface area contributed by atoms with E-state index in [2.05, 4.69) is 10.6 Å². The Bertz CT molecular complexity index is 1420. The highest BCUT2D eigenvalue weighted by Gasteiger charge is 2.57. The third kappa shape index (κ3) is 10.9. The van der Waals surface area contributed by atoms with Crippen LogP contribution >= 0.6 is 0 Å². The molecule has 27 nitrogen and oxygen atoms in total. The van der Waals surface area contributed by atoms with E-state index in [4.69, 9.17) is 42.6 Å². The van der Waals surface area contributed by atoms with Crippen LogP contribution in [0.15, 0.2) is 0 Å². The van der Waals surface area contributed by atoms with Crippen LogP contribution in [-0.2, 0) is 52.2 Å². The minimum Gasteiger partial charge on any atom is -0.394 e. The van der Waals surface area contributed by atoms with E-state index in [9.17, 15) is 81.1 Å². The third-order valence-corrected chi connectivity index (χ3v) is 11.1. The maximum atomic E-state index is 12.3. The number of aliphatic hydroxyl groups is 14. The summed E-state index contributed by atoms with van der Waals surface area (Å²) < 4.78 is 51.5. The summed E-state index contributed by atoms with van der Waals surface area (Å²) in [4.78, 5) is 24.3. The number of hydrogen-bond donors (Lipinski definition) is 16. The van der Waals surface area contributed by atoms with Gasteiger partial charge in [-0.25, -0.2) is 0 Å². The van der Waals surface area contributed by atoms with Crippen molar-refractivity contribution in [3.8, 4) is 0 Å². The first-order chi connectivity index (χ1) is 28.7. The zero-order chi connectivity index (χ0) is 45.2. The summed E-state index contributed by atoms with van der Waals surface area (Å²) in [5.74, 6) is -1.45. The van der Waals surface area contributed by atoms with Gasteiger partial charge in [-0.1, -0.05) is 0 Å². The second-order valence-corrected chi connectivity index (χ2v) is 15.4. The lowest BCUT2D eigenvalue weighted by Crippen LogP contribution is -2.70. The zero-order valence-electron chi connectivity index (χ0n) is 33.0. The number of amides is 2. The Morgan fingerprint density at radius 1 is 0.459 bits per heavy atom. The molecule has 0 saturated carbocycles. The van der Waals surface area contributed by atoms with Crippen molar-refractivity contribution in [1.29, 1.82) is 0 Å². The Labute approximate surface area is 346 Å². The van der Waals surface area contributed by atoms with Crippen molar-refractivity contribution in [3.05, 3.63) is 0 Å². The van der Waals surface area contributed by atoms with E-state index in [-0.39, 0.29) is 0 Å². The molecule has 2 amide bonds. The summed E-state index contributed by atoms with van der Waals surface area (Å²) in [6.07, 6.45) is -41.2. The lowest BCUT2D eigenvalue weighted by molar-refractivity contribution is -0.397. The average molecular weight is 895 g/mol. The Morgan fingerprint density at radius 2 is 0.934 bits per heavy atom. The summed E-state index contributed by atoms with van der Waals surface area (Å²) in [6, 6.07) is -3.09. The molecule has 0 radical (unpaired) electrons. The molecule has 25 atom stereocenters. The van der Waals surface area contributed by atoms with Gasteiger partial charge in [0.25, 0.3) is 0 Å². The maximum Gasteiger partial charge on any atom is 0.217 e. The van der Waals surface area contributed by atoms with Crippen molar-refractivity contribution in [2.24, 2.45) is 0 Å². The van der Waals surface area contributed by atoms with Gasteiger partial charge in [0, 0.05) is 13.8 Å². The zero-order valence-corrected chi connectivity index (χ0v) is 33.0. The fourth-order valence-electron chi connectivity index (χ4n) is 7.66. The molecule has 5 fully saturated rings. The monoisotopic (exact) mass is 894 g/mol.